The zero-order valence-corrected chi connectivity index (χ0v) is 20.0. The largest absolute Gasteiger partial charge is 0.469 e. The number of amides is 1. The Hall–Kier alpha value is -4.26. The first-order valence-electron chi connectivity index (χ1n) is 12.1. The molecule has 3 aromatic carbocycles. The second kappa shape index (κ2) is 10.6. The number of nitrogens with zero attached hydrogens (tertiary/aromatic N) is 2. The minimum Gasteiger partial charge on any atom is -0.469 e. The van der Waals surface area contributed by atoms with Crippen LogP contribution in [0.1, 0.15) is 47.8 Å². The standard InChI is InChI=1S/C29H27N3O4/c1-35-29(34)24-13-11-23(12-14-24)28-31-26(32-36-28)21-15-17-25(18-16-21)30-27(33)22-9-7-20(8-10-22)19-5-3-2-4-6-19/h2-10,15-18,23-24H,11-14H2,1H3,(H,30,33). The van der Waals surface area contributed by atoms with Gasteiger partial charge in [-0.2, -0.15) is 4.98 Å². The second-order valence-electron chi connectivity index (χ2n) is 9.00. The lowest BCUT2D eigenvalue weighted by Gasteiger charge is -2.24. The van der Waals surface area contributed by atoms with E-state index in [-0.39, 0.29) is 23.7 Å². The number of hydrogen-bond donors (Lipinski definition) is 1. The number of methoxy groups -OCH3 is 1. The average Bonchev–Trinajstić information content (AvgIpc) is 3.44. The Morgan fingerprint density at radius 3 is 2.14 bits per heavy atom. The van der Waals surface area contributed by atoms with Crippen LogP contribution in [-0.4, -0.2) is 29.1 Å². The fourth-order valence-corrected chi connectivity index (χ4v) is 4.61. The Morgan fingerprint density at radius 1 is 0.833 bits per heavy atom. The van der Waals surface area contributed by atoms with Gasteiger partial charge in [0.15, 0.2) is 0 Å². The van der Waals surface area contributed by atoms with Gasteiger partial charge in [0.25, 0.3) is 5.91 Å². The number of carbonyl (C=O) groups excluding carboxylic acids is 2. The smallest absolute Gasteiger partial charge is 0.308 e. The first-order valence-corrected chi connectivity index (χ1v) is 12.1. The van der Waals surface area contributed by atoms with E-state index in [1.807, 2.05) is 78.9 Å². The zero-order chi connectivity index (χ0) is 24.9. The molecule has 7 nitrogen and oxygen atoms in total. The van der Waals surface area contributed by atoms with Crippen LogP contribution in [0.25, 0.3) is 22.5 Å². The maximum atomic E-state index is 12.7. The molecule has 1 amide bonds. The third-order valence-corrected chi connectivity index (χ3v) is 6.71. The number of carbonyl (C=O) groups is 2. The second-order valence-corrected chi connectivity index (χ2v) is 9.00. The topological polar surface area (TPSA) is 94.3 Å². The molecule has 1 heterocycles. The molecule has 1 saturated carbocycles. The van der Waals surface area contributed by atoms with Crippen molar-refractivity contribution in [2.45, 2.75) is 31.6 Å². The Bertz CT molecular complexity index is 1320. The molecule has 1 aliphatic rings. The molecule has 1 aliphatic carbocycles. The highest BCUT2D eigenvalue weighted by Crippen LogP contribution is 2.36. The number of benzene rings is 3. The number of hydrogen-bond acceptors (Lipinski definition) is 6. The lowest BCUT2D eigenvalue weighted by molar-refractivity contribution is -0.146. The summed E-state index contributed by atoms with van der Waals surface area (Å²) >= 11 is 0. The van der Waals surface area contributed by atoms with Crippen LogP contribution in [0.15, 0.2) is 83.4 Å². The van der Waals surface area contributed by atoms with E-state index >= 15 is 0 Å². The predicted molar refractivity (Wildman–Crippen MR) is 136 cm³/mol. The SMILES string of the molecule is COC(=O)C1CCC(c2nc(-c3ccc(NC(=O)c4ccc(-c5ccccc5)cc4)cc3)no2)CC1. The van der Waals surface area contributed by atoms with Gasteiger partial charge >= 0.3 is 5.97 Å². The van der Waals surface area contributed by atoms with Crippen molar-refractivity contribution in [1.82, 2.24) is 10.1 Å². The van der Waals surface area contributed by atoms with Crippen molar-refractivity contribution in [2.75, 3.05) is 12.4 Å². The first kappa shape index (κ1) is 23.5. The minimum absolute atomic E-state index is 0.0433. The van der Waals surface area contributed by atoms with E-state index in [1.54, 1.807) is 0 Å². The van der Waals surface area contributed by atoms with Crippen LogP contribution in [0.3, 0.4) is 0 Å². The summed E-state index contributed by atoms with van der Waals surface area (Å²) in [4.78, 5) is 29.0. The molecule has 1 aromatic heterocycles. The van der Waals surface area contributed by atoms with Gasteiger partial charge in [-0.15, -0.1) is 0 Å². The zero-order valence-electron chi connectivity index (χ0n) is 20.0. The lowest BCUT2D eigenvalue weighted by atomic mass is 9.82. The molecule has 1 N–H and O–H groups in total. The summed E-state index contributed by atoms with van der Waals surface area (Å²) in [6.07, 6.45) is 3.16. The van der Waals surface area contributed by atoms with E-state index < -0.39 is 0 Å². The van der Waals surface area contributed by atoms with E-state index in [4.69, 9.17) is 9.26 Å². The summed E-state index contributed by atoms with van der Waals surface area (Å²) in [5.41, 5.74) is 4.24. The highest BCUT2D eigenvalue weighted by molar-refractivity contribution is 6.04. The van der Waals surface area contributed by atoms with Gasteiger partial charge in [-0.3, -0.25) is 9.59 Å². The number of ether oxygens (including phenoxy) is 1. The fraction of sp³-hybridized carbons (Fsp3) is 0.241. The highest BCUT2D eigenvalue weighted by Gasteiger charge is 2.30. The molecule has 5 rings (SSSR count). The van der Waals surface area contributed by atoms with Gasteiger partial charge in [0.2, 0.25) is 11.7 Å². The number of rotatable bonds is 6. The van der Waals surface area contributed by atoms with Crippen molar-refractivity contribution in [3.05, 3.63) is 90.3 Å². The number of aromatic nitrogens is 2. The predicted octanol–water partition coefficient (Wildman–Crippen LogP) is 6.10. The Labute approximate surface area is 209 Å². The highest BCUT2D eigenvalue weighted by atomic mass is 16.5. The summed E-state index contributed by atoms with van der Waals surface area (Å²) in [7, 11) is 1.43. The van der Waals surface area contributed by atoms with E-state index in [0.717, 1.165) is 42.4 Å². The van der Waals surface area contributed by atoms with Crippen LogP contribution in [0.2, 0.25) is 0 Å². The number of esters is 1. The normalized spacial score (nSPS) is 17.4. The van der Waals surface area contributed by atoms with Crippen LogP contribution in [0.4, 0.5) is 5.69 Å². The van der Waals surface area contributed by atoms with E-state index in [2.05, 4.69) is 15.5 Å². The molecule has 0 saturated heterocycles. The van der Waals surface area contributed by atoms with Crippen LogP contribution in [0, 0.1) is 5.92 Å². The van der Waals surface area contributed by atoms with Crippen LogP contribution >= 0.6 is 0 Å². The molecular formula is C29H27N3O4. The third kappa shape index (κ3) is 5.20. The van der Waals surface area contributed by atoms with Gasteiger partial charge in [-0.25, -0.2) is 0 Å². The van der Waals surface area contributed by atoms with Crippen molar-refractivity contribution in [1.29, 1.82) is 0 Å². The Balaban J connectivity index is 1.19. The van der Waals surface area contributed by atoms with Gasteiger partial charge in [-0.1, -0.05) is 47.6 Å². The van der Waals surface area contributed by atoms with Crippen molar-refractivity contribution < 1.29 is 18.8 Å². The van der Waals surface area contributed by atoms with E-state index in [1.165, 1.54) is 7.11 Å². The summed E-state index contributed by atoms with van der Waals surface area (Å²) in [6.45, 7) is 0. The third-order valence-electron chi connectivity index (χ3n) is 6.71. The molecule has 0 bridgehead atoms. The molecule has 0 spiro atoms. The van der Waals surface area contributed by atoms with Gasteiger partial charge in [0.05, 0.1) is 13.0 Å². The van der Waals surface area contributed by atoms with Gasteiger partial charge in [0.1, 0.15) is 0 Å². The Kier molecular flexibility index (Phi) is 6.89. The molecule has 0 radical (unpaired) electrons. The molecule has 1 fully saturated rings. The van der Waals surface area contributed by atoms with Gasteiger partial charge in [-0.05, 0) is 73.2 Å². The summed E-state index contributed by atoms with van der Waals surface area (Å²) < 4.78 is 10.4. The van der Waals surface area contributed by atoms with Crippen molar-refractivity contribution in [2.24, 2.45) is 5.92 Å². The monoisotopic (exact) mass is 481 g/mol. The van der Waals surface area contributed by atoms with E-state index in [0.29, 0.717) is 23.0 Å². The van der Waals surface area contributed by atoms with Crippen molar-refractivity contribution in [3.8, 4) is 22.5 Å². The summed E-state index contributed by atoms with van der Waals surface area (Å²) in [5.74, 6) is 0.902. The molecule has 4 aromatic rings. The molecule has 182 valence electrons. The average molecular weight is 482 g/mol. The van der Waals surface area contributed by atoms with Gasteiger partial charge in [0, 0.05) is 22.7 Å². The quantitative estimate of drug-likeness (QED) is 0.334. The van der Waals surface area contributed by atoms with Crippen LogP contribution in [-0.2, 0) is 9.53 Å². The summed E-state index contributed by atoms with van der Waals surface area (Å²) in [6, 6.07) is 25.0. The summed E-state index contributed by atoms with van der Waals surface area (Å²) in [5, 5.41) is 7.07. The lowest BCUT2D eigenvalue weighted by Crippen LogP contribution is -2.22. The Morgan fingerprint density at radius 2 is 1.47 bits per heavy atom. The van der Waals surface area contributed by atoms with Crippen molar-refractivity contribution >= 4 is 17.6 Å². The minimum atomic E-state index is -0.174. The van der Waals surface area contributed by atoms with E-state index in [9.17, 15) is 9.59 Å². The fourth-order valence-electron chi connectivity index (χ4n) is 4.61. The number of nitrogens with one attached hydrogen (secondary N) is 1. The first-order chi connectivity index (χ1) is 17.6. The maximum Gasteiger partial charge on any atom is 0.308 e. The number of anilines is 1. The van der Waals surface area contributed by atoms with Crippen LogP contribution < -0.4 is 5.32 Å². The molecule has 36 heavy (non-hydrogen) atoms. The van der Waals surface area contributed by atoms with Gasteiger partial charge < -0.3 is 14.6 Å². The maximum absolute atomic E-state index is 12.7. The molecule has 7 heteroatoms. The molecule has 0 atom stereocenters. The van der Waals surface area contributed by atoms with Crippen molar-refractivity contribution in [3.63, 3.8) is 0 Å². The molecule has 0 unspecified atom stereocenters. The van der Waals surface area contributed by atoms with Crippen LogP contribution in [0.5, 0.6) is 0 Å². The molecular weight excluding hydrogens is 454 g/mol. The molecule has 0 aliphatic heterocycles.